The van der Waals surface area contributed by atoms with E-state index in [9.17, 15) is 0 Å². The zero-order valence-electron chi connectivity index (χ0n) is 10.7. The van der Waals surface area contributed by atoms with E-state index in [1.807, 2.05) is 0 Å². The van der Waals surface area contributed by atoms with E-state index >= 15 is 0 Å². The summed E-state index contributed by atoms with van der Waals surface area (Å²) in [7, 11) is 0. The Bertz CT molecular complexity index is 430. The van der Waals surface area contributed by atoms with Gasteiger partial charge in [0.2, 0.25) is 0 Å². The average molecular weight is 265 g/mol. The molecule has 0 unspecified atom stereocenters. The van der Waals surface area contributed by atoms with Crippen molar-refractivity contribution < 1.29 is 10.3 Å². The summed E-state index contributed by atoms with van der Waals surface area (Å²) < 4.78 is 0. The lowest BCUT2D eigenvalue weighted by atomic mass is 9.91. The predicted molar refractivity (Wildman–Crippen MR) is 71.2 cm³/mol. The van der Waals surface area contributed by atoms with Crippen LogP contribution in [0.15, 0.2) is 17.5 Å². The minimum Gasteiger partial charge on any atom is -0.409 e. The van der Waals surface area contributed by atoms with Gasteiger partial charge in [0.1, 0.15) is 11.5 Å². The molecule has 1 saturated carbocycles. The molecule has 104 valence electrons. The molecule has 0 amide bonds. The van der Waals surface area contributed by atoms with E-state index in [-0.39, 0.29) is 12.4 Å². The molecule has 1 aromatic rings. The fourth-order valence-electron chi connectivity index (χ4n) is 2.08. The third kappa shape index (κ3) is 3.11. The Kier molecular flexibility index (Phi) is 4.51. The topological polar surface area (TPSA) is 108 Å². The number of anilines is 1. The van der Waals surface area contributed by atoms with Crippen molar-refractivity contribution in [2.45, 2.75) is 31.7 Å². The summed E-state index contributed by atoms with van der Waals surface area (Å²) in [5, 5.41) is 20.4. The highest BCUT2D eigenvalue weighted by Crippen LogP contribution is 2.28. The van der Waals surface area contributed by atoms with Crippen LogP contribution in [0, 0.1) is 0 Å². The molecule has 4 N–H and O–H groups in total. The lowest BCUT2D eigenvalue weighted by Gasteiger charge is -2.38. The maximum absolute atomic E-state index is 8.96. The second-order valence-electron chi connectivity index (χ2n) is 4.60. The second-order valence-corrected chi connectivity index (χ2v) is 4.60. The van der Waals surface area contributed by atoms with E-state index < -0.39 is 0 Å². The van der Waals surface area contributed by atoms with Crippen molar-refractivity contribution in [2.75, 3.05) is 18.1 Å². The number of hydrogen-bond acceptors (Lipinski definition) is 6. The maximum Gasteiger partial charge on any atom is 0.190 e. The lowest BCUT2D eigenvalue weighted by Crippen LogP contribution is -2.41. The molecule has 19 heavy (non-hydrogen) atoms. The van der Waals surface area contributed by atoms with Gasteiger partial charge in [-0.3, -0.25) is 0 Å². The van der Waals surface area contributed by atoms with Gasteiger partial charge in [-0.15, -0.1) is 0 Å². The Morgan fingerprint density at radius 2 is 2.21 bits per heavy atom. The number of nitrogens with zero attached hydrogens (tertiary/aromatic N) is 4. The van der Waals surface area contributed by atoms with Crippen molar-refractivity contribution in [1.29, 1.82) is 0 Å². The van der Waals surface area contributed by atoms with Crippen LogP contribution < -0.4 is 10.6 Å². The smallest absolute Gasteiger partial charge is 0.190 e. The zero-order chi connectivity index (χ0) is 13.7. The monoisotopic (exact) mass is 265 g/mol. The molecule has 1 aliphatic rings. The summed E-state index contributed by atoms with van der Waals surface area (Å²) in [4.78, 5) is 10.6. The summed E-state index contributed by atoms with van der Waals surface area (Å²) >= 11 is 0. The standard InChI is InChI=1S/C12H19N5O2/c13-12(16-19)10-7-15-11(8-14-10)17(5-2-6-18)9-3-1-4-9/h7-9,18-19H,1-6H2,(H2,13,16). The third-order valence-electron chi connectivity index (χ3n) is 3.38. The van der Waals surface area contributed by atoms with Gasteiger partial charge in [-0.25, -0.2) is 9.97 Å². The van der Waals surface area contributed by atoms with E-state index in [0.717, 1.165) is 25.2 Å². The van der Waals surface area contributed by atoms with E-state index in [0.29, 0.717) is 18.2 Å². The minimum absolute atomic E-state index is 0.0513. The van der Waals surface area contributed by atoms with E-state index in [2.05, 4.69) is 20.0 Å². The molecule has 0 spiro atoms. The number of aliphatic hydroxyl groups is 1. The molecule has 0 aromatic carbocycles. The fraction of sp³-hybridized carbons (Fsp3) is 0.583. The number of oxime groups is 1. The molecule has 1 aromatic heterocycles. The first-order valence-corrected chi connectivity index (χ1v) is 6.43. The molecule has 1 fully saturated rings. The predicted octanol–water partition coefficient (Wildman–Crippen LogP) is 0.312. The molecule has 7 heteroatoms. The molecular weight excluding hydrogens is 246 g/mol. The third-order valence-corrected chi connectivity index (χ3v) is 3.38. The maximum atomic E-state index is 8.96. The highest BCUT2D eigenvalue weighted by molar-refractivity contribution is 5.94. The molecule has 0 atom stereocenters. The van der Waals surface area contributed by atoms with Crippen molar-refractivity contribution >= 4 is 11.7 Å². The van der Waals surface area contributed by atoms with Gasteiger partial charge in [0.15, 0.2) is 5.84 Å². The molecule has 0 bridgehead atoms. The van der Waals surface area contributed by atoms with Gasteiger partial charge in [-0.1, -0.05) is 5.16 Å². The van der Waals surface area contributed by atoms with Gasteiger partial charge in [0.05, 0.1) is 12.4 Å². The van der Waals surface area contributed by atoms with Crippen molar-refractivity contribution in [3.05, 3.63) is 18.1 Å². The number of rotatable bonds is 6. The van der Waals surface area contributed by atoms with Crippen LogP contribution in [-0.4, -0.2) is 45.3 Å². The van der Waals surface area contributed by atoms with Crippen molar-refractivity contribution in [1.82, 2.24) is 9.97 Å². The first-order valence-electron chi connectivity index (χ1n) is 6.43. The van der Waals surface area contributed by atoms with Crippen molar-refractivity contribution in [3.63, 3.8) is 0 Å². The largest absolute Gasteiger partial charge is 0.409 e. The summed E-state index contributed by atoms with van der Waals surface area (Å²) in [6, 6.07) is 0.482. The Morgan fingerprint density at radius 3 is 2.68 bits per heavy atom. The highest BCUT2D eigenvalue weighted by Gasteiger charge is 2.25. The van der Waals surface area contributed by atoms with Crippen molar-refractivity contribution in [3.8, 4) is 0 Å². The fourth-order valence-corrected chi connectivity index (χ4v) is 2.08. The summed E-state index contributed by atoms with van der Waals surface area (Å²) in [6.07, 6.45) is 7.36. The Balaban J connectivity index is 2.12. The second kappa shape index (κ2) is 6.33. The van der Waals surface area contributed by atoms with E-state index in [1.54, 1.807) is 6.20 Å². The van der Waals surface area contributed by atoms with Crippen LogP contribution in [0.3, 0.4) is 0 Å². The Morgan fingerprint density at radius 1 is 1.42 bits per heavy atom. The molecule has 7 nitrogen and oxygen atoms in total. The number of nitrogens with two attached hydrogens (primary N) is 1. The first kappa shape index (κ1) is 13.5. The molecule has 2 rings (SSSR count). The van der Waals surface area contributed by atoms with Crippen LogP contribution in [0.1, 0.15) is 31.4 Å². The summed E-state index contributed by atoms with van der Waals surface area (Å²) in [5.41, 5.74) is 5.80. The molecule has 1 aliphatic carbocycles. The SMILES string of the molecule is NC(=NO)c1cnc(N(CCCO)C2CCC2)cn1. The molecule has 0 aliphatic heterocycles. The van der Waals surface area contributed by atoms with Crippen molar-refractivity contribution in [2.24, 2.45) is 10.9 Å². The molecule has 1 heterocycles. The normalized spacial score (nSPS) is 16.2. The Labute approximate surface area is 111 Å². The average Bonchev–Trinajstić information content (AvgIpc) is 2.40. The summed E-state index contributed by atoms with van der Waals surface area (Å²) in [5.74, 6) is 0.720. The number of aliphatic hydroxyl groups excluding tert-OH is 1. The number of amidine groups is 1. The van der Waals surface area contributed by atoms with E-state index in [1.165, 1.54) is 12.6 Å². The first-order chi connectivity index (χ1) is 9.26. The zero-order valence-corrected chi connectivity index (χ0v) is 10.7. The summed E-state index contributed by atoms with van der Waals surface area (Å²) in [6.45, 7) is 0.928. The van der Waals surface area contributed by atoms with Crippen LogP contribution >= 0.6 is 0 Å². The van der Waals surface area contributed by atoms with Gasteiger partial charge >= 0.3 is 0 Å². The van der Waals surface area contributed by atoms with Crippen LogP contribution in [0.2, 0.25) is 0 Å². The van der Waals surface area contributed by atoms with Crippen LogP contribution in [0.5, 0.6) is 0 Å². The van der Waals surface area contributed by atoms with E-state index in [4.69, 9.17) is 16.0 Å². The van der Waals surface area contributed by atoms with Gasteiger partial charge in [0, 0.05) is 19.2 Å². The highest BCUT2D eigenvalue weighted by atomic mass is 16.4. The Hall–Kier alpha value is -1.89. The lowest BCUT2D eigenvalue weighted by molar-refractivity contribution is 0.282. The van der Waals surface area contributed by atoms with Gasteiger partial charge < -0.3 is 20.9 Å². The van der Waals surface area contributed by atoms with Gasteiger partial charge in [0.25, 0.3) is 0 Å². The van der Waals surface area contributed by atoms with Crippen LogP contribution in [0.25, 0.3) is 0 Å². The number of hydrogen-bond donors (Lipinski definition) is 3. The number of aromatic nitrogens is 2. The quantitative estimate of drug-likeness (QED) is 0.296. The molecule has 0 saturated heterocycles. The van der Waals surface area contributed by atoms with Crippen LogP contribution in [0.4, 0.5) is 5.82 Å². The molecular formula is C12H19N5O2. The minimum atomic E-state index is -0.0513. The molecule has 0 radical (unpaired) electrons. The van der Waals surface area contributed by atoms with Gasteiger partial charge in [-0.2, -0.15) is 0 Å². The van der Waals surface area contributed by atoms with Crippen LogP contribution in [-0.2, 0) is 0 Å². The van der Waals surface area contributed by atoms with Gasteiger partial charge in [-0.05, 0) is 25.7 Å².